The molecular weight excluding hydrogens is 256 g/mol. The van der Waals surface area contributed by atoms with E-state index in [1.165, 1.54) is 0 Å². The zero-order chi connectivity index (χ0) is 14.3. The number of fused-ring (bicyclic) bond motifs is 1. The van der Waals surface area contributed by atoms with Gasteiger partial charge in [0.25, 0.3) is 0 Å². The molecule has 3 rings (SSSR count). The third kappa shape index (κ3) is 2.12. The highest BCUT2D eigenvalue weighted by Crippen LogP contribution is 2.46. The number of carbonyl (C=O) groups is 2. The molecule has 2 aliphatic carbocycles. The maximum Gasteiger partial charge on any atom is 0.326 e. The Labute approximate surface area is 119 Å². The number of aliphatic carboxylic acids is 1. The van der Waals surface area contributed by atoms with Gasteiger partial charge in [0, 0.05) is 13.0 Å². The molecule has 20 heavy (non-hydrogen) atoms. The van der Waals surface area contributed by atoms with Crippen molar-refractivity contribution in [2.75, 3.05) is 13.1 Å². The monoisotopic (exact) mass is 280 g/mol. The van der Waals surface area contributed by atoms with Crippen molar-refractivity contribution >= 4 is 11.9 Å². The fraction of sp³-hybridized carbons (Fsp3) is 0.867. The van der Waals surface area contributed by atoms with E-state index in [2.05, 4.69) is 0 Å². The van der Waals surface area contributed by atoms with E-state index in [4.69, 9.17) is 5.73 Å². The van der Waals surface area contributed by atoms with E-state index in [1.54, 1.807) is 4.90 Å². The zero-order valence-corrected chi connectivity index (χ0v) is 11.9. The van der Waals surface area contributed by atoms with Gasteiger partial charge in [-0.2, -0.15) is 0 Å². The normalized spacial score (nSPS) is 34.6. The summed E-state index contributed by atoms with van der Waals surface area (Å²) in [4.78, 5) is 25.8. The fourth-order valence-corrected chi connectivity index (χ4v) is 4.43. The van der Waals surface area contributed by atoms with Gasteiger partial charge in [0.1, 0.15) is 6.04 Å². The summed E-state index contributed by atoms with van der Waals surface area (Å²) >= 11 is 0. The first kappa shape index (κ1) is 13.9. The minimum atomic E-state index is -0.830. The van der Waals surface area contributed by atoms with Crippen molar-refractivity contribution in [3.63, 3.8) is 0 Å². The molecule has 0 aromatic rings. The number of rotatable bonds is 4. The maximum absolute atomic E-state index is 12.6. The lowest BCUT2D eigenvalue weighted by molar-refractivity contribution is -0.151. The molecule has 3 unspecified atom stereocenters. The molecule has 1 saturated heterocycles. The standard InChI is InChI=1S/C15H24N2O3/c16-9-15(5-2-6-15)7-12(18)17-8-10-3-1-4-11(10)13(17)14(19)20/h10-11,13H,1-9,16H2,(H,19,20). The fourth-order valence-electron chi connectivity index (χ4n) is 4.43. The molecule has 1 aliphatic heterocycles. The lowest BCUT2D eigenvalue weighted by Gasteiger charge is -2.41. The van der Waals surface area contributed by atoms with Gasteiger partial charge < -0.3 is 15.7 Å². The number of nitrogens with two attached hydrogens (primary N) is 1. The summed E-state index contributed by atoms with van der Waals surface area (Å²) in [6.07, 6.45) is 6.72. The molecule has 5 nitrogen and oxygen atoms in total. The summed E-state index contributed by atoms with van der Waals surface area (Å²) in [5.74, 6) is -0.248. The quantitative estimate of drug-likeness (QED) is 0.811. The van der Waals surface area contributed by atoms with Crippen LogP contribution in [0.4, 0.5) is 0 Å². The maximum atomic E-state index is 12.6. The Hall–Kier alpha value is -1.10. The number of carboxylic acids is 1. The van der Waals surface area contributed by atoms with E-state index < -0.39 is 12.0 Å². The highest BCUT2D eigenvalue weighted by molar-refractivity contribution is 5.85. The Morgan fingerprint density at radius 2 is 2.00 bits per heavy atom. The first-order valence-corrected chi connectivity index (χ1v) is 7.79. The average molecular weight is 280 g/mol. The molecule has 0 bridgehead atoms. The van der Waals surface area contributed by atoms with E-state index in [-0.39, 0.29) is 17.2 Å². The highest BCUT2D eigenvalue weighted by atomic mass is 16.4. The molecular formula is C15H24N2O3. The summed E-state index contributed by atoms with van der Waals surface area (Å²) in [7, 11) is 0. The van der Waals surface area contributed by atoms with Crippen LogP contribution in [0.2, 0.25) is 0 Å². The third-order valence-electron chi connectivity index (χ3n) is 5.84. The summed E-state index contributed by atoms with van der Waals surface area (Å²) in [6.45, 7) is 1.18. The summed E-state index contributed by atoms with van der Waals surface area (Å²) in [6, 6.07) is -0.593. The summed E-state index contributed by atoms with van der Waals surface area (Å²) in [5, 5.41) is 9.49. The SMILES string of the molecule is NCC1(CC(=O)N2CC3CCCC3C2C(=O)O)CCC1. The Kier molecular flexibility index (Phi) is 3.48. The van der Waals surface area contributed by atoms with E-state index in [0.717, 1.165) is 38.5 Å². The lowest BCUT2D eigenvalue weighted by atomic mass is 9.66. The zero-order valence-electron chi connectivity index (χ0n) is 11.9. The van der Waals surface area contributed by atoms with Crippen molar-refractivity contribution in [1.82, 2.24) is 4.90 Å². The molecule has 5 heteroatoms. The molecule has 112 valence electrons. The van der Waals surface area contributed by atoms with Gasteiger partial charge in [0.2, 0.25) is 5.91 Å². The minimum absolute atomic E-state index is 0.0111. The van der Waals surface area contributed by atoms with Crippen molar-refractivity contribution < 1.29 is 14.7 Å². The van der Waals surface area contributed by atoms with Gasteiger partial charge in [-0.3, -0.25) is 4.79 Å². The second-order valence-corrected chi connectivity index (χ2v) is 6.92. The van der Waals surface area contributed by atoms with Gasteiger partial charge in [-0.05, 0) is 49.5 Å². The van der Waals surface area contributed by atoms with Crippen LogP contribution in [0.5, 0.6) is 0 Å². The number of likely N-dealkylation sites (tertiary alicyclic amines) is 1. The van der Waals surface area contributed by atoms with E-state index in [1.807, 2.05) is 0 Å². The Balaban J connectivity index is 1.72. The van der Waals surface area contributed by atoms with Crippen LogP contribution >= 0.6 is 0 Å². The van der Waals surface area contributed by atoms with Gasteiger partial charge in [0.05, 0.1) is 0 Å². The number of amides is 1. The first-order chi connectivity index (χ1) is 9.56. The van der Waals surface area contributed by atoms with Crippen LogP contribution in [0.15, 0.2) is 0 Å². The Bertz CT molecular complexity index is 414. The summed E-state index contributed by atoms with van der Waals surface area (Å²) < 4.78 is 0. The van der Waals surface area contributed by atoms with Gasteiger partial charge in [-0.15, -0.1) is 0 Å². The number of carboxylic acid groups (broad SMARTS) is 1. The lowest BCUT2D eigenvalue weighted by Crippen LogP contribution is -2.47. The van der Waals surface area contributed by atoms with E-state index >= 15 is 0 Å². The van der Waals surface area contributed by atoms with Gasteiger partial charge in [-0.25, -0.2) is 4.79 Å². The van der Waals surface area contributed by atoms with Crippen LogP contribution in [-0.2, 0) is 9.59 Å². The number of hydrogen-bond donors (Lipinski definition) is 2. The predicted molar refractivity (Wildman–Crippen MR) is 73.9 cm³/mol. The van der Waals surface area contributed by atoms with E-state index in [9.17, 15) is 14.7 Å². The van der Waals surface area contributed by atoms with Crippen molar-refractivity contribution in [1.29, 1.82) is 0 Å². The van der Waals surface area contributed by atoms with Crippen LogP contribution in [0, 0.1) is 17.3 Å². The minimum Gasteiger partial charge on any atom is -0.480 e. The average Bonchev–Trinajstić information content (AvgIpc) is 2.92. The first-order valence-electron chi connectivity index (χ1n) is 7.79. The number of nitrogens with zero attached hydrogens (tertiary/aromatic N) is 1. The third-order valence-corrected chi connectivity index (χ3v) is 5.84. The van der Waals surface area contributed by atoms with E-state index in [0.29, 0.717) is 25.4 Å². The number of hydrogen-bond acceptors (Lipinski definition) is 3. The van der Waals surface area contributed by atoms with Crippen LogP contribution in [-0.4, -0.2) is 41.0 Å². The highest BCUT2D eigenvalue weighted by Gasteiger charge is 2.50. The molecule has 3 N–H and O–H groups in total. The molecule has 3 fully saturated rings. The van der Waals surface area contributed by atoms with Crippen LogP contribution in [0.1, 0.15) is 44.9 Å². The van der Waals surface area contributed by atoms with Crippen molar-refractivity contribution in [2.45, 2.75) is 51.0 Å². The van der Waals surface area contributed by atoms with Crippen LogP contribution < -0.4 is 5.73 Å². The molecule has 0 spiro atoms. The molecule has 3 aliphatic rings. The smallest absolute Gasteiger partial charge is 0.326 e. The predicted octanol–water partition coefficient (Wildman–Crippen LogP) is 1.22. The van der Waals surface area contributed by atoms with Gasteiger partial charge >= 0.3 is 5.97 Å². The molecule has 0 radical (unpaired) electrons. The second-order valence-electron chi connectivity index (χ2n) is 6.92. The Morgan fingerprint density at radius 1 is 1.25 bits per heavy atom. The summed E-state index contributed by atoms with van der Waals surface area (Å²) in [5.41, 5.74) is 5.77. The topological polar surface area (TPSA) is 83.6 Å². The Morgan fingerprint density at radius 3 is 2.55 bits per heavy atom. The number of carbonyl (C=O) groups excluding carboxylic acids is 1. The molecule has 3 atom stereocenters. The van der Waals surface area contributed by atoms with Gasteiger partial charge in [0.15, 0.2) is 0 Å². The van der Waals surface area contributed by atoms with Crippen LogP contribution in [0.25, 0.3) is 0 Å². The van der Waals surface area contributed by atoms with Crippen molar-refractivity contribution in [3.05, 3.63) is 0 Å². The van der Waals surface area contributed by atoms with Crippen molar-refractivity contribution in [2.24, 2.45) is 23.0 Å². The molecule has 0 aromatic heterocycles. The van der Waals surface area contributed by atoms with Crippen LogP contribution in [0.3, 0.4) is 0 Å². The van der Waals surface area contributed by atoms with Gasteiger partial charge in [-0.1, -0.05) is 12.8 Å². The molecule has 0 aromatic carbocycles. The molecule has 2 saturated carbocycles. The molecule has 1 heterocycles. The molecule has 1 amide bonds. The largest absolute Gasteiger partial charge is 0.480 e. The second kappa shape index (κ2) is 5.02. The van der Waals surface area contributed by atoms with Crippen molar-refractivity contribution in [3.8, 4) is 0 Å².